The summed E-state index contributed by atoms with van der Waals surface area (Å²) >= 11 is 0. The molecule has 3 rings (SSSR count). The highest BCUT2D eigenvalue weighted by atomic mass is 16.5. The van der Waals surface area contributed by atoms with Crippen molar-refractivity contribution in [2.45, 2.75) is 18.9 Å². The van der Waals surface area contributed by atoms with Crippen LogP contribution in [0.2, 0.25) is 0 Å². The van der Waals surface area contributed by atoms with Gasteiger partial charge in [0.15, 0.2) is 11.5 Å². The number of benzene rings is 1. The van der Waals surface area contributed by atoms with Gasteiger partial charge in [0, 0.05) is 17.7 Å². The second kappa shape index (κ2) is 5.40. The number of carboxylic acid groups (broad SMARTS) is 1. The summed E-state index contributed by atoms with van der Waals surface area (Å²) in [6, 6.07) is 9.06. The summed E-state index contributed by atoms with van der Waals surface area (Å²) in [6.45, 7) is 0. The van der Waals surface area contributed by atoms with E-state index in [0.29, 0.717) is 17.7 Å². The Morgan fingerprint density at radius 3 is 2.57 bits per heavy atom. The van der Waals surface area contributed by atoms with Crippen molar-refractivity contribution < 1.29 is 14.6 Å². The van der Waals surface area contributed by atoms with Crippen LogP contribution in [0.4, 0.5) is 5.82 Å². The van der Waals surface area contributed by atoms with Crippen LogP contribution >= 0.6 is 0 Å². The van der Waals surface area contributed by atoms with Gasteiger partial charge < -0.3 is 15.2 Å². The normalized spacial score (nSPS) is 13.8. The Kier molecular flexibility index (Phi) is 3.43. The number of rotatable bonds is 5. The fourth-order valence-corrected chi connectivity index (χ4v) is 1.94. The molecule has 1 heterocycles. The molecule has 21 heavy (non-hydrogen) atoms. The van der Waals surface area contributed by atoms with Crippen LogP contribution in [0.5, 0.6) is 5.75 Å². The maximum absolute atomic E-state index is 11.2. The van der Waals surface area contributed by atoms with Crippen LogP contribution in [0.3, 0.4) is 0 Å². The third kappa shape index (κ3) is 3.10. The van der Waals surface area contributed by atoms with Crippen molar-refractivity contribution in [2.24, 2.45) is 0 Å². The lowest BCUT2D eigenvalue weighted by Gasteiger charge is -2.08. The third-order valence-corrected chi connectivity index (χ3v) is 3.22. The number of nitrogens with zero attached hydrogens (tertiary/aromatic N) is 2. The zero-order valence-corrected chi connectivity index (χ0v) is 11.5. The monoisotopic (exact) mass is 285 g/mol. The standard InChI is InChI=1S/C15H15N3O3/c1-21-11-6-2-9(3-7-11)14-17-12(15(19)20)8-13(18-14)16-10-4-5-10/h2-3,6-8,10H,4-5H2,1H3,(H,19,20)(H,16,17,18). The van der Waals surface area contributed by atoms with E-state index in [0.717, 1.165) is 24.2 Å². The van der Waals surface area contributed by atoms with Crippen molar-refractivity contribution in [3.05, 3.63) is 36.0 Å². The van der Waals surface area contributed by atoms with Gasteiger partial charge in [-0.05, 0) is 37.1 Å². The van der Waals surface area contributed by atoms with E-state index in [4.69, 9.17) is 4.74 Å². The Balaban J connectivity index is 1.98. The zero-order valence-electron chi connectivity index (χ0n) is 11.5. The second-order valence-corrected chi connectivity index (χ2v) is 4.91. The first-order chi connectivity index (χ1) is 10.2. The smallest absolute Gasteiger partial charge is 0.354 e. The fraction of sp³-hybridized carbons (Fsp3) is 0.267. The van der Waals surface area contributed by atoms with Crippen molar-refractivity contribution >= 4 is 11.8 Å². The Bertz CT molecular complexity index is 666. The molecule has 108 valence electrons. The van der Waals surface area contributed by atoms with E-state index in [2.05, 4.69) is 15.3 Å². The van der Waals surface area contributed by atoms with E-state index >= 15 is 0 Å². The van der Waals surface area contributed by atoms with Crippen molar-refractivity contribution in [1.82, 2.24) is 9.97 Å². The Hall–Kier alpha value is -2.63. The molecule has 1 aromatic carbocycles. The van der Waals surface area contributed by atoms with Gasteiger partial charge in [-0.1, -0.05) is 0 Å². The summed E-state index contributed by atoms with van der Waals surface area (Å²) in [6.07, 6.45) is 2.18. The van der Waals surface area contributed by atoms with Gasteiger partial charge in [-0.2, -0.15) is 0 Å². The molecule has 2 aromatic rings. The van der Waals surface area contributed by atoms with Crippen LogP contribution in [0, 0.1) is 0 Å². The van der Waals surface area contributed by atoms with E-state index in [-0.39, 0.29) is 5.69 Å². The minimum atomic E-state index is -1.06. The Morgan fingerprint density at radius 2 is 2.00 bits per heavy atom. The molecule has 0 saturated heterocycles. The number of aromatic nitrogens is 2. The summed E-state index contributed by atoms with van der Waals surface area (Å²) < 4.78 is 5.10. The SMILES string of the molecule is COc1ccc(-c2nc(NC3CC3)cc(C(=O)O)n2)cc1. The van der Waals surface area contributed by atoms with Crippen molar-refractivity contribution in [3.8, 4) is 17.1 Å². The number of hydrogen-bond donors (Lipinski definition) is 2. The van der Waals surface area contributed by atoms with Crippen molar-refractivity contribution in [2.75, 3.05) is 12.4 Å². The number of methoxy groups -OCH3 is 1. The summed E-state index contributed by atoms with van der Waals surface area (Å²) in [5, 5.41) is 12.4. The topological polar surface area (TPSA) is 84.3 Å². The van der Waals surface area contributed by atoms with Gasteiger partial charge >= 0.3 is 5.97 Å². The van der Waals surface area contributed by atoms with Crippen LogP contribution in [0.25, 0.3) is 11.4 Å². The first kappa shape index (κ1) is 13.4. The summed E-state index contributed by atoms with van der Waals surface area (Å²) in [7, 11) is 1.59. The summed E-state index contributed by atoms with van der Waals surface area (Å²) in [5.74, 6) is 0.604. The molecule has 0 unspecified atom stereocenters. The number of anilines is 1. The average molecular weight is 285 g/mol. The molecule has 0 radical (unpaired) electrons. The van der Waals surface area contributed by atoms with Crippen LogP contribution in [0.1, 0.15) is 23.3 Å². The number of aromatic carboxylic acids is 1. The van der Waals surface area contributed by atoms with Crippen molar-refractivity contribution in [3.63, 3.8) is 0 Å². The van der Waals surface area contributed by atoms with Gasteiger partial charge in [0.1, 0.15) is 11.6 Å². The molecule has 0 aliphatic heterocycles. The summed E-state index contributed by atoms with van der Waals surface area (Å²) in [4.78, 5) is 19.7. The maximum atomic E-state index is 11.2. The minimum absolute atomic E-state index is 0.0148. The number of nitrogens with one attached hydrogen (secondary N) is 1. The average Bonchev–Trinajstić information content (AvgIpc) is 3.31. The summed E-state index contributed by atoms with van der Waals surface area (Å²) in [5.41, 5.74) is 0.733. The van der Waals surface area contributed by atoms with E-state index in [9.17, 15) is 9.90 Å². The molecule has 1 fully saturated rings. The van der Waals surface area contributed by atoms with Gasteiger partial charge in [0.25, 0.3) is 0 Å². The van der Waals surface area contributed by atoms with Crippen LogP contribution < -0.4 is 10.1 Å². The maximum Gasteiger partial charge on any atom is 0.354 e. The van der Waals surface area contributed by atoms with Gasteiger partial charge in [-0.3, -0.25) is 0 Å². The highest BCUT2D eigenvalue weighted by Gasteiger charge is 2.22. The molecule has 1 aromatic heterocycles. The number of carboxylic acids is 1. The highest BCUT2D eigenvalue weighted by Crippen LogP contribution is 2.26. The molecule has 1 aliphatic carbocycles. The van der Waals surface area contributed by atoms with Gasteiger partial charge in [-0.15, -0.1) is 0 Å². The third-order valence-electron chi connectivity index (χ3n) is 3.22. The van der Waals surface area contributed by atoms with Gasteiger partial charge in [0.05, 0.1) is 7.11 Å². The molecule has 1 saturated carbocycles. The number of carbonyl (C=O) groups is 1. The molecule has 0 atom stereocenters. The predicted octanol–water partition coefficient (Wildman–Crippen LogP) is 2.42. The molecule has 6 heteroatoms. The molecular formula is C15H15N3O3. The van der Waals surface area contributed by atoms with Crippen LogP contribution in [-0.2, 0) is 0 Å². The van der Waals surface area contributed by atoms with Crippen molar-refractivity contribution in [1.29, 1.82) is 0 Å². The molecular weight excluding hydrogens is 270 g/mol. The molecule has 0 bridgehead atoms. The highest BCUT2D eigenvalue weighted by molar-refractivity contribution is 5.87. The fourth-order valence-electron chi connectivity index (χ4n) is 1.94. The number of ether oxygens (including phenoxy) is 1. The second-order valence-electron chi connectivity index (χ2n) is 4.91. The van der Waals surface area contributed by atoms with Gasteiger partial charge in [0.2, 0.25) is 0 Å². The zero-order chi connectivity index (χ0) is 14.8. The lowest BCUT2D eigenvalue weighted by atomic mass is 10.2. The quantitative estimate of drug-likeness (QED) is 0.877. The largest absolute Gasteiger partial charge is 0.497 e. The Labute approximate surface area is 121 Å². The lowest BCUT2D eigenvalue weighted by molar-refractivity contribution is 0.0690. The van der Waals surface area contributed by atoms with E-state index in [1.807, 2.05) is 0 Å². The molecule has 0 spiro atoms. The minimum Gasteiger partial charge on any atom is -0.497 e. The predicted molar refractivity (Wildman–Crippen MR) is 77.6 cm³/mol. The molecule has 6 nitrogen and oxygen atoms in total. The van der Waals surface area contributed by atoms with E-state index < -0.39 is 5.97 Å². The van der Waals surface area contributed by atoms with E-state index in [1.54, 1.807) is 31.4 Å². The van der Waals surface area contributed by atoms with Gasteiger partial charge in [-0.25, -0.2) is 14.8 Å². The van der Waals surface area contributed by atoms with Crippen LogP contribution in [0.15, 0.2) is 30.3 Å². The first-order valence-electron chi connectivity index (χ1n) is 6.69. The van der Waals surface area contributed by atoms with Crippen LogP contribution in [-0.4, -0.2) is 34.2 Å². The first-order valence-corrected chi connectivity index (χ1v) is 6.69. The Morgan fingerprint density at radius 1 is 1.29 bits per heavy atom. The molecule has 1 aliphatic rings. The number of hydrogen-bond acceptors (Lipinski definition) is 5. The van der Waals surface area contributed by atoms with E-state index in [1.165, 1.54) is 6.07 Å². The lowest BCUT2D eigenvalue weighted by Crippen LogP contribution is -2.09. The molecule has 0 amide bonds. The molecule has 2 N–H and O–H groups in total.